The number of non-ortho nitro benzene ring substituents is 1. The average Bonchev–Trinajstić information content (AvgIpc) is 2.74. The van der Waals surface area contributed by atoms with Gasteiger partial charge in [-0.15, -0.1) is 0 Å². The number of hydrogen-bond donors (Lipinski definition) is 1. The fraction of sp³-hybridized carbons (Fsp3) is 0.409. The second-order valence-corrected chi connectivity index (χ2v) is 9.55. The molecular weight excluding hydrogens is 450 g/mol. The van der Waals surface area contributed by atoms with Crippen molar-refractivity contribution in [2.75, 3.05) is 30.8 Å². The van der Waals surface area contributed by atoms with Crippen LogP contribution in [0.4, 0.5) is 11.4 Å². The molecule has 11 heteroatoms. The molecule has 180 valence electrons. The minimum atomic E-state index is -3.92. The molecule has 10 nitrogen and oxygen atoms in total. The van der Waals surface area contributed by atoms with Crippen molar-refractivity contribution in [2.24, 2.45) is 0 Å². The van der Waals surface area contributed by atoms with Crippen LogP contribution in [0, 0.1) is 10.1 Å². The summed E-state index contributed by atoms with van der Waals surface area (Å²) in [7, 11) is -2.60. The van der Waals surface area contributed by atoms with Crippen LogP contribution in [-0.2, 0) is 21.2 Å². The van der Waals surface area contributed by atoms with Gasteiger partial charge in [0.2, 0.25) is 15.9 Å². The second-order valence-electron chi connectivity index (χ2n) is 7.65. The fourth-order valence-corrected chi connectivity index (χ4v) is 3.93. The Bertz CT molecular complexity index is 1070. The van der Waals surface area contributed by atoms with Gasteiger partial charge in [0.1, 0.15) is 23.7 Å². The van der Waals surface area contributed by atoms with Gasteiger partial charge in [-0.05, 0) is 50.5 Å². The number of carbonyl (C=O) groups is 1. The zero-order valence-electron chi connectivity index (χ0n) is 19.1. The Kier molecular flexibility index (Phi) is 9.03. The van der Waals surface area contributed by atoms with Crippen LogP contribution < -0.4 is 19.1 Å². The van der Waals surface area contributed by atoms with Gasteiger partial charge in [0.05, 0.1) is 24.4 Å². The van der Waals surface area contributed by atoms with E-state index in [0.717, 1.165) is 34.4 Å². The molecule has 0 atom stereocenters. The normalized spacial score (nSPS) is 11.2. The number of ether oxygens (including phenoxy) is 2. The molecule has 0 unspecified atom stereocenters. The van der Waals surface area contributed by atoms with Crippen molar-refractivity contribution in [1.82, 2.24) is 5.32 Å². The van der Waals surface area contributed by atoms with Crippen molar-refractivity contribution < 1.29 is 27.6 Å². The first-order valence-electron chi connectivity index (χ1n) is 10.3. The number of aryl methyl sites for hydroxylation is 1. The van der Waals surface area contributed by atoms with E-state index in [1.54, 1.807) is 0 Å². The molecular formula is C22H29N3O7S. The number of nitrogens with one attached hydrogen (secondary N) is 1. The number of nitrogens with zero attached hydrogens (tertiary/aromatic N) is 2. The van der Waals surface area contributed by atoms with Crippen molar-refractivity contribution in [2.45, 2.75) is 32.8 Å². The van der Waals surface area contributed by atoms with Gasteiger partial charge in [-0.3, -0.25) is 19.2 Å². The summed E-state index contributed by atoms with van der Waals surface area (Å²) >= 11 is 0. The molecule has 0 fully saturated rings. The molecule has 33 heavy (non-hydrogen) atoms. The number of methoxy groups -OCH3 is 1. The number of benzene rings is 2. The Morgan fingerprint density at radius 2 is 1.85 bits per heavy atom. The highest BCUT2D eigenvalue weighted by Crippen LogP contribution is 2.33. The predicted molar refractivity (Wildman–Crippen MR) is 125 cm³/mol. The summed E-state index contributed by atoms with van der Waals surface area (Å²) in [6.07, 6.45) is 2.39. The molecule has 0 saturated heterocycles. The largest absolute Gasteiger partial charge is 0.495 e. The molecule has 1 amide bonds. The van der Waals surface area contributed by atoms with Gasteiger partial charge in [-0.25, -0.2) is 8.42 Å². The number of hydrogen-bond acceptors (Lipinski definition) is 7. The molecule has 0 spiro atoms. The zero-order chi connectivity index (χ0) is 24.6. The monoisotopic (exact) mass is 479 g/mol. The maximum absolute atomic E-state index is 12.4. The smallest absolute Gasteiger partial charge is 0.271 e. The maximum atomic E-state index is 12.4. The molecule has 0 bridgehead atoms. The second kappa shape index (κ2) is 11.5. The number of nitro groups is 1. The van der Waals surface area contributed by atoms with Crippen LogP contribution in [-0.4, -0.2) is 51.8 Å². The summed E-state index contributed by atoms with van der Waals surface area (Å²) in [6, 6.07) is 11.3. The highest BCUT2D eigenvalue weighted by atomic mass is 32.2. The summed E-state index contributed by atoms with van der Waals surface area (Å²) in [6.45, 7) is 3.72. The first-order chi connectivity index (χ1) is 15.5. The third-order valence-corrected chi connectivity index (χ3v) is 5.72. The summed E-state index contributed by atoms with van der Waals surface area (Å²) in [5.41, 5.74) is 0.692. The predicted octanol–water partition coefficient (Wildman–Crippen LogP) is 2.91. The minimum Gasteiger partial charge on any atom is -0.495 e. The van der Waals surface area contributed by atoms with Crippen LogP contribution in [0.2, 0.25) is 0 Å². The summed E-state index contributed by atoms with van der Waals surface area (Å²) in [5.74, 6) is 0.359. The van der Waals surface area contributed by atoms with Gasteiger partial charge in [-0.2, -0.15) is 0 Å². The van der Waals surface area contributed by atoms with Gasteiger partial charge in [-0.1, -0.05) is 12.1 Å². The van der Waals surface area contributed by atoms with E-state index < -0.39 is 27.4 Å². The van der Waals surface area contributed by atoms with Gasteiger partial charge < -0.3 is 14.8 Å². The molecule has 0 heterocycles. The van der Waals surface area contributed by atoms with Crippen LogP contribution in [0.5, 0.6) is 11.5 Å². The quantitative estimate of drug-likeness (QED) is 0.282. The van der Waals surface area contributed by atoms with Crippen molar-refractivity contribution in [1.29, 1.82) is 0 Å². The molecule has 2 aromatic rings. The van der Waals surface area contributed by atoms with E-state index in [4.69, 9.17) is 9.47 Å². The Hall–Kier alpha value is -3.34. The molecule has 0 aromatic heterocycles. The number of amides is 1. The molecule has 2 rings (SSSR count). The van der Waals surface area contributed by atoms with E-state index in [1.165, 1.54) is 19.2 Å². The molecule has 2 aromatic carbocycles. The zero-order valence-corrected chi connectivity index (χ0v) is 19.9. The average molecular weight is 480 g/mol. The van der Waals surface area contributed by atoms with Gasteiger partial charge in [0.25, 0.3) is 5.69 Å². The fourth-order valence-electron chi connectivity index (χ4n) is 3.08. The summed E-state index contributed by atoms with van der Waals surface area (Å²) in [5, 5.41) is 13.8. The number of rotatable bonds is 12. The van der Waals surface area contributed by atoms with Crippen molar-refractivity contribution in [3.63, 3.8) is 0 Å². The van der Waals surface area contributed by atoms with Crippen molar-refractivity contribution in [3.8, 4) is 11.5 Å². The van der Waals surface area contributed by atoms with Crippen LogP contribution in [0.15, 0.2) is 42.5 Å². The summed E-state index contributed by atoms with van der Waals surface area (Å²) < 4.78 is 36.2. The van der Waals surface area contributed by atoms with E-state index >= 15 is 0 Å². The topological polar surface area (TPSA) is 128 Å². The highest BCUT2D eigenvalue weighted by molar-refractivity contribution is 7.92. The van der Waals surface area contributed by atoms with E-state index in [-0.39, 0.29) is 23.2 Å². The van der Waals surface area contributed by atoms with E-state index in [2.05, 4.69) is 5.32 Å². The lowest BCUT2D eigenvalue weighted by Crippen LogP contribution is -2.40. The maximum Gasteiger partial charge on any atom is 0.271 e. The number of anilines is 1. The SMILES string of the molecule is COc1ccc([N+](=O)[O-])cc1N(CC(=O)NCCCc1ccc(OC(C)C)cc1)S(C)(=O)=O. The molecule has 0 aliphatic carbocycles. The van der Waals surface area contributed by atoms with E-state index in [0.29, 0.717) is 13.0 Å². The first-order valence-corrected chi connectivity index (χ1v) is 12.2. The Balaban J connectivity index is 1.99. The lowest BCUT2D eigenvalue weighted by atomic mass is 10.1. The standard InChI is InChI=1S/C22H29N3O7S/c1-16(2)32-19-10-7-17(8-11-19)6-5-13-23-22(26)15-24(33(4,29)30)20-14-18(25(27)28)9-12-21(20)31-3/h7-12,14,16H,5-6,13,15H2,1-4H3,(H,23,26). The molecule has 0 radical (unpaired) electrons. The molecule has 0 saturated carbocycles. The summed E-state index contributed by atoms with van der Waals surface area (Å²) in [4.78, 5) is 22.9. The lowest BCUT2D eigenvalue weighted by molar-refractivity contribution is -0.384. The number of nitro benzene ring substituents is 1. The minimum absolute atomic E-state index is 0.0759. The van der Waals surface area contributed by atoms with Crippen molar-refractivity contribution >= 4 is 27.3 Å². The van der Waals surface area contributed by atoms with Crippen LogP contribution in [0.1, 0.15) is 25.8 Å². The number of sulfonamides is 1. The van der Waals surface area contributed by atoms with Crippen LogP contribution in [0.25, 0.3) is 0 Å². The highest BCUT2D eigenvalue weighted by Gasteiger charge is 2.26. The third kappa shape index (κ3) is 7.94. The molecule has 1 N–H and O–H groups in total. The van der Waals surface area contributed by atoms with Gasteiger partial charge in [0, 0.05) is 18.7 Å². The number of carbonyl (C=O) groups excluding carboxylic acids is 1. The van der Waals surface area contributed by atoms with Crippen LogP contribution >= 0.6 is 0 Å². The first kappa shape index (κ1) is 25.9. The third-order valence-electron chi connectivity index (χ3n) is 4.59. The lowest BCUT2D eigenvalue weighted by Gasteiger charge is -2.23. The van der Waals surface area contributed by atoms with Gasteiger partial charge >= 0.3 is 0 Å². The Morgan fingerprint density at radius 3 is 2.39 bits per heavy atom. The van der Waals surface area contributed by atoms with E-state index in [1.807, 2.05) is 38.1 Å². The Labute approximate surface area is 193 Å². The Morgan fingerprint density at radius 1 is 1.18 bits per heavy atom. The van der Waals surface area contributed by atoms with Crippen molar-refractivity contribution in [3.05, 3.63) is 58.1 Å². The van der Waals surface area contributed by atoms with Gasteiger partial charge in [0.15, 0.2) is 0 Å². The van der Waals surface area contributed by atoms with E-state index in [9.17, 15) is 23.3 Å². The molecule has 0 aliphatic rings. The van der Waals surface area contributed by atoms with Crippen LogP contribution in [0.3, 0.4) is 0 Å². The molecule has 0 aliphatic heterocycles.